The van der Waals surface area contributed by atoms with Gasteiger partial charge in [0.2, 0.25) is 5.91 Å². The molecule has 9 heteroatoms. The average Bonchev–Trinajstić information content (AvgIpc) is 3.18. The fourth-order valence-electron chi connectivity index (χ4n) is 2.73. The molecule has 0 aliphatic rings. The van der Waals surface area contributed by atoms with Crippen LogP contribution in [0.4, 0.5) is 5.82 Å². The zero-order valence-corrected chi connectivity index (χ0v) is 17.1. The number of rotatable bonds is 6. The third kappa shape index (κ3) is 4.64. The van der Waals surface area contributed by atoms with E-state index in [2.05, 4.69) is 15.5 Å². The van der Waals surface area contributed by atoms with E-state index in [9.17, 15) is 4.79 Å². The van der Waals surface area contributed by atoms with Crippen LogP contribution >= 0.6 is 34.8 Å². The summed E-state index contributed by atoms with van der Waals surface area (Å²) in [5, 5.41) is 12.9. The molecule has 0 spiro atoms. The highest BCUT2D eigenvalue weighted by molar-refractivity contribution is 6.42. The van der Waals surface area contributed by atoms with E-state index in [1.807, 2.05) is 26.0 Å². The number of nitrogens with one attached hydrogen (secondary N) is 1. The van der Waals surface area contributed by atoms with Gasteiger partial charge in [-0.1, -0.05) is 47.8 Å². The highest BCUT2D eigenvalue weighted by Gasteiger charge is 2.20. The fraction of sp³-hybridized carbons (Fsp3) is 0.278. The van der Waals surface area contributed by atoms with Crippen molar-refractivity contribution in [1.82, 2.24) is 19.6 Å². The second-order valence-corrected chi connectivity index (χ2v) is 7.38. The Morgan fingerprint density at radius 2 is 2.00 bits per heavy atom. The molecule has 0 saturated carbocycles. The maximum absolute atomic E-state index is 12.6. The topological polar surface area (TPSA) is 64.7 Å². The van der Waals surface area contributed by atoms with Crippen molar-refractivity contribution >= 4 is 46.5 Å². The molecule has 1 atom stereocenters. The maximum atomic E-state index is 12.6. The second kappa shape index (κ2) is 8.33. The number of anilines is 1. The van der Waals surface area contributed by atoms with Gasteiger partial charge in [-0.15, -0.1) is 0 Å². The minimum atomic E-state index is -0.460. The highest BCUT2D eigenvalue weighted by Crippen LogP contribution is 2.23. The maximum Gasteiger partial charge on any atom is 0.250 e. The van der Waals surface area contributed by atoms with Crippen molar-refractivity contribution in [2.75, 3.05) is 5.32 Å². The lowest BCUT2D eigenvalue weighted by Crippen LogP contribution is -2.26. The molecular formula is C18H18Cl3N5O. The van der Waals surface area contributed by atoms with Crippen LogP contribution in [0.25, 0.3) is 0 Å². The molecule has 0 saturated heterocycles. The van der Waals surface area contributed by atoms with Gasteiger partial charge in [0.1, 0.15) is 6.04 Å². The zero-order chi connectivity index (χ0) is 19.6. The van der Waals surface area contributed by atoms with E-state index in [0.717, 1.165) is 11.3 Å². The van der Waals surface area contributed by atoms with Crippen molar-refractivity contribution in [3.05, 3.63) is 63.0 Å². The van der Waals surface area contributed by atoms with Crippen LogP contribution in [0.1, 0.15) is 30.6 Å². The molecule has 3 rings (SSSR count). The van der Waals surface area contributed by atoms with Crippen LogP contribution in [-0.4, -0.2) is 25.5 Å². The standard InChI is InChI=1S/C18H18Cl3N5O/c1-3-16(26-10-13(19)8-22-26)18(27)23-17-6-11(2)25(24-17)9-12-4-5-14(20)15(21)7-12/h4-8,10,16H,3,9H2,1-2H3,(H,23,24,27). The number of halogens is 3. The zero-order valence-electron chi connectivity index (χ0n) is 14.8. The molecule has 1 unspecified atom stereocenters. The first-order valence-electron chi connectivity index (χ1n) is 8.36. The molecular weight excluding hydrogens is 409 g/mol. The first-order valence-corrected chi connectivity index (χ1v) is 9.49. The number of hydrogen-bond donors (Lipinski definition) is 1. The Hall–Kier alpha value is -2.02. The molecule has 0 radical (unpaired) electrons. The summed E-state index contributed by atoms with van der Waals surface area (Å²) in [6.07, 6.45) is 3.71. The number of carbonyl (C=O) groups excluding carboxylic acids is 1. The molecule has 0 aliphatic carbocycles. The van der Waals surface area contributed by atoms with Crippen molar-refractivity contribution in [1.29, 1.82) is 0 Å². The number of aryl methyl sites for hydroxylation is 1. The van der Waals surface area contributed by atoms with Gasteiger partial charge < -0.3 is 5.32 Å². The van der Waals surface area contributed by atoms with Crippen molar-refractivity contribution in [2.45, 2.75) is 32.9 Å². The van der Waals surface area contributed by atoms with Crippen LogP contribution in [0.15, 0.2) is 36.7 Å². The molecule has 6 nitrogen and oxygen atoms in total. The lowest BCUT2D eigenvalue weighted by molar-refractivity contribution is -0.119. The Balaban J connectivity index is 1.73. The Kier molecular flexibility index (Phi) is 6.09. The summed E-state index contributed by atoms with van der Waals surface area (Å²) >= 11 is 17.9. The third-order valence-corrected chi connectivity index (χ3v) is 5.06. The highest BCUT2D eigenvalue weighted by atomic mass is 35.5. The summed E-state index contributed by atoms with van der Waals surface area (Å²) in [6.45, 7) is 4.35. The van der Waals surface area contributed by atoms with Crippen LogP contribution < -0.4 is 5.32 Å². The van der Waals surface area contributed by atoms with Gasteiger partial charge in [-0.2, -0.15) is 10.2 Å². The SMILES string of the molecule is CCC(C(=O)Nc1cc(C)n(Cc2ccc(Cl)c(Cl)c2)n1)n1cc(Cl)cn1. The van der Waals surface area contributed by atoms with Gasteiger partial charge in [0.15, 0.2) is 5.82 Å². The van der Waals surface area contributed by atoms with Gasteiger partial charge in [-0.3, -0.25) is 14.2 Å². The number of hydrogen-bond acceptors (Lipinski definition) is 3. The van der Waals surface area contributed by atoms with Crippen molar-refractivity contribution in [3.63, 3.8) is 0 Å². The van der Waals surface area contributed by atoms with E-state index < -0.39 is 6.04 Å². The summed E-state index contributed by atoms with van der Waals surface area (Å²) in [4.78, 5) is 12.6. The van der Waals surface area contributed by atoms with E-state index in [1.165, 1.54) is 6.20 Å². The molecule has 0 bridgehead atoms. The normalized spacial score (nSPS) is 12.2. The molecule has 2 heterocycles. The quantitative estimate of drug-likeness (QED) is 0.604. The van der Waals surface area contributed by atoms with Gasteiger partial charge in [0, 0.05) is 18.0 Å². The number of amides is 1. The Morgan fingerprint density at radius 3 is 2.63 bits per heavy atom. The molecule has 142 valence electrons. The summed E-state index contributed by atoms with van der Waals surface area (Å²) in [5.41, 5.74) is 1.87. The summed E-state index contributed by atoms with van der Waals surface area (Å²) in [5.74, 6) is 0.283. The molecule has 27 heavy (non-hydrogen) atoms. The Labute approximate surface area is 172 Å². The first kappa shape index (κ1) is 19.7. The molecule has 1 N–H and O–H groups in total. The average molecular weight is 427 g/mol. The van der Waals surface area contributed by atoms with Crippen molar-refractivity contribution in [3.8, 4) is 0 Å². The monoisotopic (exact) mass is 425 g/mol. The number of nitrogens with zero attached hydrogens (tertiary/aromatic N) is 4. The van der Waals surface area contributed by atoms with Gasteiger partial charge >= 0.3 is 0 Å². The Bertz CT molecular complexity index is 966. The first-order chi connectivity index (χ1) is 12.9. The van der Waals surface area contributed by atoms with Crippen LogP contribution in [0.5, 0.6) is 0 Å². The van der Waals surface area contributed by atoms with Crippen molar-refractivity contribution < 1.29 is 4.79 Å². The smallest absolute Gasteiger partial charge is 0.250 e. The van der Waals surface area contributed by atoms with E-state index in [-0.39, 0.29) is 5.91 Å². The predicted molar refractivity (Wildman–Crippen MR) is 108 cm³/mol. The van der Waals surface area contributed by atoms with Crippen LogP contribution in [0, 0.1) is 6.92 Å². The number of benzene rings is 1. The van der Waals surface area contributed by atoms with Crippen LogP contribution in [0.2, 0.25) is 15.1 Å². The van der Waals surface area contributed by atoms with E-state index in [4.69, 9.17) is 34.8 Å². The van der Waals surface area contributed by atoms with E-state index in [1.54, 1.807) is 27.7 Å². The fourth-order valence-corrected chi connectivity index (χ4v) is 3.19. The van der Waals surface area contributed by atoms with Crippen LogP contribution in [0.3, 0.4) is 0 Å². The van der Waals surface area contributed by atoms with Gasteiger partial charge in [-0.25, -0.2) is 0 Å². The molecule has 1 aromatic carbocycles. The third-order valence-electron chi connectivity index (χ3n) is 4.13. The lowest BCUT2D eigenvalue weighted by atomic mass is 10.2. The molecule has 0 aliphatic heterocycles. The predicted octanol–water partition coefficient (Wildman–Crippen LogP) is 4.99. The Morgan fingerprint density at radius 1 is 1.22 bits per heavy atom. The van der Waals surface area contributed by atoms with Gasteiger partial charge in [0.25, 0.3) is 0 Å². The van der Waals surface area contributed by atoms with Gasteiger partial charge in [-0.05, 0) is 31.0 Å². The minimum absolute atomic E-state index is 0.198. The van der Waals surface area contributed by atoms with Crippen molar-refractivity contribution in [2.24, 2.45) is 0 Å². The lowest BCUT2D eigenvalue weighted by Gasteiger charge is -2.14. The van der Waals surface area contributed by atoms with E-state index in [0.29, 0.717) is 33.9 Å². The number of aromatic nitrogens is 4. The minimum Gasteiger partial charge on any atom is -0.307 e. The second-order valence-electron chi connectivity index (χ2n) is 6.13. The van der Waals surface area contributed by atoms with Gasteiger partial charge in [0.05, 0.1) is 27.8 Å². The summed E-state index contributed by atoms with van der Waals surface area (Å²) < 4.78 is 3.35. The van der Waals surface area contributed by atoms with E-state index >= 15 is 0 Å². The molecule has 0 fully saturated rings. The summed E-state index contributed by atoms with van der Waals surface area (Å²) in [7, 11) is 0. The number of carbonyl (C=O) groups is 1. The largest absolute Gasteiger partial charge is 0.307 e. The van der Waals surface area contributed by atoms with Crippen LogP contribution in [-0.2, 0) is 11.3 Å². The molecule has 2 aromatic heterocycles. The molecule has 1 amide bonds. The summed E-state index contributed by atoms with van der Waals surface area (Å²) in [6, 6.07) is 6.80. The molecule has 3 aromatic rings.